The molecule has 136 valence electrons. The van der Waals surface area contributed by atoms with Crippen molar-refractivity contribution in [2.75, 3.05) is 52.7 Å². The number of rotatable bonds is 6. The maximum atomic E-state index is 5.51. The summed E-state index contributed by atoms with van der Waals surface area (Å²) in [4.78, 5) is 6.94. The normalized spacial score (nSPS) is 25.0. The molecule has 5 nitrogen and oxygen atoms in total. The van der Waals surface area contributed by atoms with Gasteiger partial charge in [0, 0.05) is 44.1 Å². The second-order valence-electron chi connectivity index (χ2n) is 6.23. The quantitative estimate of drug-likeness (QED) is 0.365. The summed E-state index contributed by atoms with van der Waals surface area (Å²) in [7, 11) is 1.86. The number of nitrogens with one attached hydrogen (secondary N) is 2. The van der Waals surface area contributed by atoms with Crippen molar-refractivity contribution in [3.63, 3.8) is 0 Å². The van der Waals surface area contributed by atoms with E-state index in [0.717, 1.165) is 51.6 Å². The Labute approximate surface area is 162 Å². The largest absolute Gasteiger partial charge is 0.381 e. The van der Waals surface area contributed by atoms with Gasteiger partial charge in [0.05, 0.1) is 0 Å². The maximum Gasteiger partial charge on any atom is 0.191 e. The number of ether oxygens (including phenoxy) is 1. The number of hydrogen-bond acceptors (Lipinski definition) is 4. The molecule has 0 saturated carbocycles. The maximum absolute atomic E-state index is 5.51. The average Bonchev–Trinajstić information content (AvgIpc) is 3.03. The lowest BCUT2D eigenvalue weighted by Crippen LogP contribution is -2.50. The molecule has 2 N–H and O–H groups in total. The van der Waals surface area contributed by atoms with Crippen LogP contribution in [0.3, 0.4) is 0 Å². The van der Waals surface area contributed by atoms with E-state index in [4.69, 9.17) is 4.74 Å². The fourth-order valence-electron chi connectivity index (χ4n) is 3.42. The zero-order valence-electron chi connectivity index (χ0n) is 14.8. The van der Waals surface area contributed by atoms with Crippen LogP contribution in [-0.4, -0.2) is 74.3 Å². The standard InChI is InChI=1S/C16H32N4OS.HI/c1-4-20-9-5-6-14(20)12-18-15(17-2)19-13-16(22-3)7-10-21-11-8-16;/h14H,4-13H2,1-3H3,(H2,17,18,19);1H. The van der Waals surface area contributed by atoms with Crippen molar-refractivity contribution >= 4 is 41.7 Å². The van der Waals surface area contributed by atoms with E-state index in [2.05, 4.69) is 33.7 Å². The molecule has 0 aromatic carbocycles. The van der Waals surface area contributed by atoms with Crippen LogP contribution in [0.5, 0.6) is 0 Å². The van der Waals surface area contributed by atoms with E-state index in [-0.39, 0.29) is 24.0 Å². The SMILES string of the molecule is CCN1CCCC1CNC(=NC)NCC1(SC)CCOCC1.I. The van der Waals surface area contributed by atoms with Gasteiger partial charge in [0.2, 0.25) is 0 Å². The van der Waals surface area contributed by atoms with Crippen molar-refractivity contribution in [3.8, 4) is 0 Å². The summed E-state index contributed by atoms with van der Waals surface area (Å²) in [5, 5.41) is 7.04. The Morgan fingerprint density at radius 3 is 2.70 bits per heavy atom. The molecule has 0 aromatic heterocycles. The molecule has 1 unspecified atom stereocenters. The number of guanidine groups is 1. The number of likely N-dealkylation sites (tertiary alicyclic amines) is 1. The van der Waals surface area contributed by atoms with E-state index in [1.807, 2.05) is 18.8 Å². The Bertz CT molecular complexity index is 364. The topological polar surface area (TPSA) is 48.9 Å². The van der Waals surface area contributed by atoms with Gasteiger partial charge >= 0.3 is 0 Å². The zero-order valence-corrected chi connectivity index (χ0v) is 17.9. The smallest absolute Gasteiger partial charge is 0.191 e. The Balaban J connectivity index is 0.00000264. The first-order valence-electron chi connectivity index (χ1n) is 8.54. The molecule has 2 aliphatic rings. The zero-order chi connectivity index (χ0) is 15.8. The molecule has 0 radical (unpaired) electrons. The van der Waals surface area contributed by atoms with Crippen LogP contribution >= 0.6 is 35.7 Å². The Morgan fingerprint density at radius 1 is 1.35 bits per heavy atom. The van der Waals surface area contributed by atoms with Crippen LogP contribution in [0.1, 0.15) is 32.6 Å². The lowest BCUT2D eigenvalue weighted by atomic mass is 9.99. The van der Waals surface area contributed by atoms with E-state index in [1.165, 1.54) is 19.4 Å². The van der Waals surface area contributed by atoms with Gasteiger partial charge < -0.3 is 15.4 Å². The summed E-state index contributed by atoms with van der Waals surface area (Å²) in [6.07, 6.45) is 7.06. The third-order valence-corrected chi connectivity index (χ3v) is 6.47. The minimum Gasteiger partial charge on any atom is -0.381 e. The minimum absolute atomic E-state index is 0. The van der Waals surface area contributed by atoms with Crippen LogP contribution in [0.2, 0.25) is 0 Å². The molecule has 0 bridgehead atoms. The van der Waals surface area contributed by atoms with Gasteiger partial charge in [-0.05, 0) is 45.0 Å². The highest BCUT2D eigenvalue weighted by atomic mass is 127. The molecule has 0 spiro atoms. The lowest BCUT2D eigenvalue weighted by Gasteiger charge is -2.36. The number of thioether (sulfide) groups is 1. The van der Waals surface area contributed by atoms with Gasteiger partial charge in [0.1, 0.15) is 0 Å². The number of aliphatic imine (C=N–C) groups is 1. The summed E-state index contributed by atoms with van der Waals surface area (Å²) in [5.41, 5.74) is 0. The Morgan fingerprint density at radius 2 is 2.09 bits per heavy atom. The van der Waals surface area contributed by atoms with Crippen LogP contribution in [0.15, 0.2) is 4.99 Å². The Kier molecular flexibility index (Phi) is 10.2. The van der Waals surface area contributed by atoms with Gasteiger partial charge in [-0.3, -0.25) is 9.89 Å². The predicted molar refractivity (Wildman–Crippen MR) is 111 cm³/mol. The fraction of sp³-hybridized carbons (Fsp3) is 0.938. The first-order chi connectivity index (χ1) is 10.7. The summed E-state index contributed by atoms with van der Waals surface area (Å²) < 4.78 is 5.80. The van der Waals surface area contributed by atoms with Crippen LogP contribution in [0, 0.1) is 0 Å². The summed E-state index contributed by atoms with van der Waals surface area (Å²) in [5.74, 6) is 0.933. The van der Waals surface area contributed by atoms with E-state index < -0.39 is 0 Å². The van der Waals surface area contributed by atoms with E-state index in [9.17, 15) is 0 Å². The van der Waals surface area contributed by atoms with Gasteiger partial charge in [0.25, 0.3) is 0 Å². The predicted octanol–water partition coefficient (Wildman–Crippen LogP) is 2.17. The third kappa shape index (κ3) is 6.25. The highest BCUT2D eigenvalue weighted by molar-refractivity contribution is 14.0. The van der Waals surface area contributed by atoms with Gasteiger partial charge in [0.15, 0.2) is 5.96 Å². The van der Waals surface area contributed by atoms with Gasteiger partial charge in [-0.1, -0.05) is 6.92 Å². The van der Waals surface area contributed by atoms with Crippen molar-refractivity contribution < 1.29 is 4.74 Å². The van der Waals surface area contributed by atoms with Gasteiger partial charge in [-0.2, -0.15) is 11.8 Å². The molecule has 7 heteroatoms. The Hall–Kier alpha value is 0.270. The van der Waals surface area contributed by atoms with Crippen LogP contribution < -0.4 is 10.6 Å². The second-order valence-corrected chi connectivity index (χ2v) is 7.51. The summed E-state index contributed by atoms with van der Waals surface area (Å²) in [6.45, 7) is 8.34. The molecule has 2 saturated heterocycles. The monoisotopic (exact) mass is 456 g/mol. The number of hydrogen-bond donors (Lipinski definition) is 2. The van der Waals surface area contributed by atoms with Crippen molar-refractivity contribution in [3.05, 3.63) is 0 Å². The fourth-order valence-corrected chi connectivity index (χ4v) is 4.21. The third-order valence-electron chi connectivity index (χ3n) is 5.05. The molecular formula is C16H33IN4OS. The van der Waals surface area contributed by atoms with Crippen molar-refractivity contribution in [2.24, 2.45) is 4.99 Å². The molecule has 0 aromatic rings. The number of halogens is 1. The molecule has 2 aliphatic heterocycles. The molecule has 2 fully saturated rings. The minimum atomic E-state index is 0. The first kappa shape index (κ1) is 21.3. The highest BCUT2D eigenvalue weighted by Gasteiger charge is 2.32. The van der Waals surface area contributed by atoms with E-state index >= 15 is 0 Å². The lowest BCUT2D eigenvalue weighted by molar-refractivity contribution is 0.0783. The molecule has 0 aliphatic carbocycles. The van der Waals surface area contributed by atoms with Gasteiger partial charge in [-0.15, -0.1) is 24.0 Å². The van der Waals surface area contributed by atoms with Crippen LogP contribution in [-0.2, 0) is 4.74 Å². The molecule has 0 amide bonds. The first-order valence-corrected chi connectivity index (χ1v) is 9.77. The van der Waals surface area contributed by atoms with E-state index in [0.29, 0.717) is 10.8 Å². The van der Waals surface area contributed by atoms with Crippen LogP contribution in [0.25, 0.3) is 0 Å². The summed E-state index contributed by atoms with van der Waals surface area (Å²) in [6, 6.07) is 0.654. The van der Waals surface area contributed by atoms with Gasteiger partial charge in [-0.25, -0.2) is 0 Å². The van der Waals surface area contributed by atoms with Crippen molar-refractivity contribution in [1.29, 1.82) is 0 Å². The summed E-state index contributed by atoms with van der Waals surface area (Å²) >= 11 is 1.96. The number of likely N-dealkylation sites (N-methyl/N-ethyl adjacent to an activating group) is 1. The average molecular weight is 456 g/mol. The molecular weight excluding hydrogens is 423 g/mol. The van der Waals surface area contributed by atoms with E-state index in [1.54, 1.807) is 0 Å². The second kappa shape index (κ2) is 11.0. The van der Waals surface area contributed by atoms with Crippen molar-refractivity contribution in [2.45, 2.75) is 43.4 Å². The van der Waals surface area contributed by atoms with Crippen LogP contribution in [0.4, 0.5) is 0 Å². The molecule has 23 heavy (non-hydrogen) atoms. The molecule has 2 rings (SSSR count). The van der Waals surface area contributed by atoms with Crippen molar-refractivity contribution in [1.82, 2.24) is 15.5 Å². The molecule has 2 heterocycles. The number of nitrogens with zero attached hydrogens (tertiary/aromatic N) is 2. The highest BCUT2D eigenvalue weighted by Crippen LogP contribution is 2.32. The molecule has 1 atom stereocenters.